The number of hydrogen-bond donors (Lipinski definition) is 1. The van der Waals surface area contributed by atoms with E-state index < -0.39 is 11.2 Å². The number of primary amides is 1. The molecule has 2 N–H and O–H groups in total. The predicted octanol–water partition coefficient (Wildman–Crippen LogP) is 2.32. The van der Waals surface area contributed by atoms with Crippen LogP contribution in [-0.2, 0) is 4.79 Å². The third-order valence-corrected chi connectivity index (χ3v) is 5.71. The van der Waals surface area contributed by atoms with Crippen molar-refractivity contribution in [2.24, 2.45) is 5.73 Å². The quantitative estimate of drug-likeness (QED) is 0.507. The normalized spacial score (nSPS) is 12.4. The Bertz CT molecular complexity index is 1310. The number of carbonyl (C=O) groups is 1. The standard InChI is InChI=1S/C20H19N5O3S/c1-11-8-9-16(28-3)15(10-11)24-18(27)13-6-4-5-7-14(13)25-19(24)22-23-20(25)29-12(2)17(21)26/h4-10,12H,1-3H3,(H2,21,26). The van der Waals surface area contributed by atoms with Gasteiger partial charge in [-0.05, 0) is 43.7 Å². The lowest BCUT2D eigenvalue weighted by Gasteiger charge is -2.15. The molecule has 2 aromatic heterocycles. The van der Waals surface area contributed by atoms with E-state index in [4.69, 9.17) is 10.5 Å². The average Bonchev–Trinajstić information content (AvgIpc) is 3.11. The summed E-state index contributed by atoms with van der Waals surface area (Å²) in [4.78, 5) is 25.0. The lowest BCUT2D eigenvalue weighted by molar-refractivity contribution is -0.117. The van der Waals surface area contributed by atoms with Crippen LogP contribution in [0.5, 0.6) is 5.75 Å². The number of hydrogen-bond acceptors (Lipinski definition) is 6. The predicted molar refractivity (Wildman–Crippen MR) is 112 cm³/mol. The number of carbonyl (C=O) groups excluding carboxylic acids is 1. The number of nitrogens with two attached hydrogens (primary N) is 1. The van der Waals surface area contributed by atoms with Crippen LogP contribution in [0.15, 0.2) is 52.4 Å². The molecule has 9 heteroatoms. The summed E-state index contributed by atoms with van der Waals surface area (Å²) in [5, 5.41) is 8.98. The van der Waals surface area contributed by atoms with E-state index in [0.717, 1.165) is 5.56 Å². The molecule has 0 spiro atoms. The van der Waals surface area contributed by atoms with Crippen LogP contribution in [0.4, 0.5) is 0 Å². The van der Waals surface area contributed by atoms with Crippen molar-refractivity contribution in [1.82, 2.24) is 19.2 Å². The first-order chi connectivity index (χ1) is 13.9. The molecule has 29 heavy (non-hydrogen) atoms. The first-order valence-corrected chi connectivity index (χ1v) is 9.80. The fourth-order valence-electron chi connectivity index (χ4n) is 3.16. The molecule has 0 aliphatic heterocycles. The van der Waals surface area contributed by atoms with Gasteiger partial charge in [-0.15, -0.1) is 10.2 Å². The van der Waals surface area contributed by atoms with Crippen molar-refractivity contribution in [3.05, 3.63) is 58.4 Å². The molecule has 0 saturated carbocycles. The van der Waals surface area contributed by atoms with Crippen molar-refractivity contribution < 1.29 is 9.53 Å². The lowest BCUT2D eigenvalue weighted by atomic mass is 10.2. The molecule has 1 atom stereocenters. The number of para-hydroxylation sites is 1. The van der Waals surface area contributed by atoms with E-state index in [-0.39, 0.29) is 5.56 Å². The van der Waals surface area contributed by atoms with Gasteiger partial charge >= 0.3 is 0 Å². The molecule has 0 aliphatic carbocycles. The second kappa shape index (κ2) is 7.25. The fourth-order valence-corrected chi connectivity index (χ4v) is 3.97. The third-order valence-electron chi connectivity index (χ3n) is 4.65. The Kier molecular flexibility index (Phi) is 4.75. The van der Waals surface area contributed by atoms with Gasteiger partial charge in [0.25, 0.3) is 5.56 Å². The van der Waals surface area contributed by atoms with Crippen LogP contribution < -0.4 is 16.0 Å². The van der Waals surface area contributed by atoms with E-state index >= 15 is 0 Å². The highest BCUT2D eigenvalue weighted by atomic mass is 32.2. The molecule has 0 radical (unpaired) electrons. The van der Waals surface area contributed by atoms with Gasteiger partial charge in [-0.3, -0.25) is 14.0 Å². The molecule has 0 saturated heterocycles. The fraction of sp³-hybridized carbons (Fsp3) is 0.200. The van der Waals surface area contributed by atoms with E-state index in [1.807, 2.05) is 37.3 Å². The van der Waals surface area contributed by atoms with Crippen LogP contribution in [-0.4, -0.2) is 37.4 Å². The summed E-state index contributed by atoms with van der Waals surface area (Å²) in [6.07, 6.45) is 0. The van der Waals surface area contributed by atoms with Gasteiger partial charge in [0.05, 0.1) is 29.0 Å². The van der Waals surface area contributed by atoms with Crippen LogP contribution in [0.3, 0.4) is 0 Å². The average molecular weight is 409 g/mol. The highest BCUT2D eigenvalue weighted by molar-refractivity contribution is 8.00. The molecule has 4 aromatic rings. The molecule has 0 bridgehead atoms. The van der Waals surface area contributed by atoms with E-state index in [1.165, 1.54) is 16.3 Å². The molecule has 2 heterocycles. The Morgan fingerprint density at radius 1 is 1.21 bits per heavy atom. The largest absolute Gasteiger partial charge is 0.495 e. The smallest absolute Gasteiger partial charge is 0.267 e. The van der Waals surface area contributed by atoms with Crippen molar-refractivity contribution in [3.8, 4) is 11.4 Å². The minimum atomic E-state index is -0.505. The molecule has 2 aromatic carbocycles. The van der Waals surface area contributed by atoms with Gasteiger partial charge in [-0.25, -0.2) is 4.57 Å². The van der Waals surface area contributed by atoms with E-state index in [1.54, 1.807) is 30.6 Å². The Morgan fingerprint density at radius 2 is 1.97 bits per heavy atom. The van der Waals surface area contributed by atoms with Crippen molar-refractivity contribution >= 4 is 34.3 Å². The van der Waals surface area contributed by atoms with Crippen molar-refractivity contribution in [3.63, 3.8) is 0 Å². The molecule has 0 aliphatic rings. The zero-order valence-corrected chi connectivity index (χ0v) is 16.9. The third kappa shape index (κ3) is 3.13. The SMILES string of the molecule is COc1ccc(C)cc1-n1c(=O)c2ccccc2n2c(SC(C)C(N)=O)nnc12. The summed E-state index contributed by atoms with van der Waals surface area (Å²) in [6, 6.07) is 12.8. The second-order valence-corrected chi connectivity index (χ2v) is 7.92. The number of aryl methyl sites for hydroxylation is 1. The van der Waals surface area contributed by atoms with E-state index in [2.05, 4.69) is 10.2 Å². The number of amides is 1. The molecule has 8 nitrogen and oxygen atoms in total. The molecule has 1 amide bonds. The number of ether oxygens (including phenoxy) is 1. The van der Waals surface area contributed by atoms with Gasteiger partial charge in [0.2, 0.25) is 11.7 Å². The number of rotatable bonds is 5. The summed E-state index contributed by atoms with van der Waals surface area (Å²) >= 11 is 1.19. The maximum atomic E-state index is 13.4. The van der Waals surface area contributed by atoms with Gasteiger partial charge in [0.15, 0.2) is 5.16 Å². The zero-order chi connectivity index (χ0) is 20.7. The van der Waals surface area contributed by atoms with E-state index in [0.29, 0.717) is 33.3 Å². The summed E-state index contributed by atoms with van der Waals surface area (Å²) < 4.78 is 8.74. The van der Waals surface area contributed by atoms with Crippen LogP contribution in [0, 0.1) is 6.92 Å². The van der Waals surface area contributed by atoms with Gasteiger partial charge in [-0.2, -0.15) is 0 Å². The van der Waals surface area contributed by atoms with Crippen molar-refractivity contribution in [2.75, 3.05) is 7.11 Å². The van der Waals surface area contributed by atoms with E-state index in [9.17, 15) is 9.59 Å². The number of methoxy groups -OCH3 is 1. The Hall–Kier alpha value is -3.33. The Balaban J connectivity index is 2.12. The number of aromatic nitrogens is 4. The summed E-state index contributed by atoms with van der Waals surface area (Å²) in [6.45, 7) is 3.64. The monoisotopic (exact) mass is 409 g/mol. The van der Waals surface area contributed by atoms with Crippen molar-refractivity contribution in [2.45, 2.75) is 24.3 Å². The maximum absolute atomic E-state index is 13.4. The number of benzene rings is 2. The summed E-state index contributed by atoms with van der Waals surface area (Å²) in [7, 11) is 1.55. The highest BCUT2D eigenvalue weighted by Gasteiger charge is 2.22. The van der Waals surface area contributed by atoms with Crippen molar-refractivity contribution in [1.29, 1.82) is 0 Å². The topological polar surface area (TPSA) is 105 Å². The molecular formula is C20H19N5O3S. The Morgan fingerprint density at radius 3 is 2.69 bits per heavy atom. The molecule has 0 fully saturated rings. The lowest BCUT2D eigenvalue weighted by Crippen LogP contribution is -2.24. The molecule has 1 unspecified atom stereocenters. The van der Waals surface area contributed by atoms with Gasteiger partial charge in [0.1, 0.15) is 5.75 Å². The second-order valence-electron chi connectivity index (χ2n) is 6.61. The minimum Gasteiger partial charge on any atom is -0.495 e. The summed E-state index contributed by atoms with van der Waals surface area (Å²) in [5.41, 5.74) is 7.38. The maximum Gasteiger partial charge on any atom is 0.267 e. The van der Waals surface area contributed by atoms with Crippen LogP contribution >= 0.6 is 11.8 Å². The molecule has 4 rings (SSSR count). The number of fused-ring (bicyclic) bond motifs is 3. The Labute approximate surface area is 170 Å². The van der Waals surface area contributed by atoms with Gasteiger partial charge in [-0.1, -0.05) is 30.0 Å². The first kappa shape index (κ1) is 19.0. The first-order valence-electron chi connectivity index (χ1n) is 8.92. The molecular weight excluding hydrogens is 390 g/mol. The van der Waals surface area contributed by atoms with Crippen LogP contribution in [0.25, 0.3) is 22.4 Å². The minimum absolute atomic E-state index is 0.233. The zero-order valence-electron chi connectivity index (χ0n) is 16.1. The molecule has 148 valence electrons. The van der Waals surface area contributed by atoms with Crippen LogP contribution in [0.2, 0.25) is 0 Å². The number of nitrogens with zero attached hydrogens (tertiary/aromatic N) is 4. The summed E-state index contributed by atoms with van der Waals surface area (Å²) in [5.74, 6) is 0.416. The van der Waals surface area contributed by atoms with Crippen LogP contribution in [0.1, 0.15) is 12.5 Å². The van der Waals surface area contributed by atoms with Gasteiger partial charge in [0, 0.05) is 0 Å². The highest BCUT2D eigenvalue weighted by Crippen LogP contribution is 2.29. The number of thioether (sulfide) groups is 1. The van der Waals surface area contributed by atoms with Gasteiger partial charge < -0.3 is 10.5 Å².